The minimum Gasteiger partial charge on any atom is -0.462 e. The molecule has 7 nitrogen and oxygen atoms in total. The minimum atomic E-state index is -4.47. The normalized spacial score (nSPS) is 12.8. The summed E-state index contributed by atoms with van der Waals surface area (Å²) in [5.41, 5.74) is 0.368. The molecule has 0 radical (unpaired) electrons. The largest absolute Gasteiger partial charge is 0.469 e. The van der Waals surface area contributed by atoms with Gasteiger partial charge < -0.3 is 21.8 Å². The van der Waals surface area contributed by atoms with Gasteiger partial charge in [-0.05, 0) is 79.2 Å². The highest BCUT2D eigenvalue weighted by Gasteiger charge is 2.49. The molecule has 0 bridgehead atoms. The Kier molecular flexibility index (Phi) is 15.2. The SMILES string of the molecule is C=C(C)C(=O)OCC(F)(F)F.C=C(C)C(=O)OCCC[Si](O[Si](C)(C)C)(O[Si](C)(C)C)O[Si](C)(C)C. The quantitative estimate of drug-likeness (QED) is 0.103. The van der Waals surface area contributed by atoms with Crippen molar-refractivity contribution in [2.24, 2.45) is 0 Å². The first kappa shape index (κ1) is 37.1. The van der Waals surface area contributed by atoms with E-state index in [0.29, 0.717) is 24.6 Å². The second-order valence-corrected chi connectivity index (χ2v) is 28.3. The van der Waals surface area contributed by atoms with E-state index in [0.717, 1.165) is 0 Å². The Hall–Kier alpha value is -1.04. The van der Waals surface area contributed by atoms with Crippen LogP contribution in [0.2, 0.25) is 65.0 Å². The standard InChI is InChI=1S/C16H38O5Si4.C6H7F3O2/c1-15(2)16(17)18-13-12-14-25(19-22(3,4)5,20-23(6,7)8)21-24(9,10)11;1-4(2)5(10)11-3-6(7,8)9/h1,12-14H2,2-11H3;1,3H2,2H3. The molecule has 0 unspecified atom stereocenters. The van der Waals surface area contributed by atoms with E-state index in [1.54, 1.807) is 6.92 Å². The molecule has 0 aromatic heterocycles. The Morgan fingerprint density at radius 1 is 0.694 bits per heavy atom. The molecule has 212 valence electrons. The maximum atomic E-state index is 11.6. The molecule has 0 amide bonds. The van der Waals surface area contributed by atoms with Crippen molar-refractivity contribution in [2.75, 3.05) is 13.2 Å². The van der Waals surface area contributed by atoms with E-state index in [4.69, 9.17) is 17.1 Å². The molecule has 0 fully saturated rings. The zero-order valence-corrected chi connectivity index (χ0v) is 27.7. The van der Waals surface area contributed by atoms with Gasteiger partial charge in [-0.1, -0.05) is 13.2 Å². The molecule has 0 aliphatic heterocycles. The van der Waals surface area contributed by atoms with Crippen molar-refractivity contribution in [2.45, 2.75) is 91.4 Å². The van der Waals surface area contributed by atoms with Crippen LogP contribution >= 0.6 is 0 Å². The highest BCUT2D eigenvalue weighted by Crippen LogP contribution is 2.30. The number of carbonyl (C=O) groups excluding carboxylic acids is 2. The van der Waals surface area contributed by atoms with Gasteiger partial charge in [0, 0.05) is 17.2 Å². The molecule has 0 aromatic rings. The maximum absolute atomic E-state index is 11.6. The molecular weight excluding hydrogens is 546 g/mol. The fraction of sp³-hybridized carbons (Fsp3) is 0.727. The van der Waals surface area contributed by atoms with Crippen LogP contribution in [0.1, 0.15) is 20.3 Å². The van der Waals surface area contributed by atoms with Crippen LogP contribution in [-0.2, 0) is 31.4 Å². The molecule has 0 heterocycles. The molecule has 0 saturated heterocycles. The van der Waals surface area contributed by atoms with Gasteiger partial charge >= 0.3 is 26.9 Å². The fourth-order valence-corrected chi connectivity index (χ4v) is 17.1. The molecule has 0 N–H and O–H groups in total. The summed E-state index contributed by atoms with van der Waals surface area (Å²) in [6, 6.07) is 0.676. The van der Waals surface area contributed by atoms with E-state index >= 15 is 0 Å². The summed E-state index contributed by atoms with van der Waals surface area (Å²) in [5, 5.41) is 0. The van der Waals surface area contributed by atoms with Crippen molar-refractivity contribution in [3.05, 3.63) is 24.3 Å². The monoisotopic (exact) mass is 590 g/mol. The van der Waals surface area contributed by atoms with Gasteiger partial charge in [-0.3, -0.25) is 0 Å². The van der Waals surface area contributed by atoms with Crippen LogP contribution in [0, 0.1) is 0 Å². The number of rotatable bonds is 13. The van der Waals surface area contributed by atoms with Gasteiger partial charge in [0.15, 0.2) is 31.6 Å². The van der Waals surface area contributed by atoms with Crippen molar-refractivity contribution in [3.8, 4) is 0 Å². The van der Waals surface area contributed by atoms with Gasteiger partial charge in [-0.25, -0.2) is 9.59 Å². The summed E-state index contributed by atoms with van der Waals surface area (Å²) in [7, 11) is -8.40. The Bertz CT molecular complexity index is 712. The third kappa shape index (κ3) is 22.2. The fourth-order valence-electron chi connectivity index (χ4n) is 2.46. The maximum Gasteiger partial charge on any atom is 0.469 e. The average molecular weight is 591 g/mol. The lowest BCUT2D eigenvalue weighted by atomic mass is 10.4. The van der Waals surface area contributed by atoms with Crippen molar-refractivity contribution < 1.29 is 44.6 Å². The first-order valence-corrected chi connectivity index (χ1v) is 23.8. The van der Waals surface area contributed by atoms with Crippen molar-refractivity contribution in [1.82, 2.24) is 0 Å². The number of alkyl halides is 3. The first-order chi connectivity index (χ1) is 15.8. The van der Waals surface area contributed by atoms with Gasteiger partial charge in [-0.15, -0.1) is 0 Å². The summed E-state index contributed by atoms with van der Waals surface area (Å²) < 4.78 is 62.9. The second-order valence-electron chi connectivity index (χ2n) is 11.3. The van der Waals surface area contributed by atoms with Crippen molar-refractivity contribution >= 4 is 45.7 Å². The predicted molar refractivity (Wildman–Crippen MR) is 146 cm³/mol. The van der Waals surface area contributed by atoms with Gasteiger partial charge in [0.05, 0.1) is 6.61 Å². The number of hydrogen-bond donors (Lipinski definition) is 0. The summed E-state index contributed by atoms with van der Waals surface area (Å²) in [5.74, 6) is -1.38. The van der Waals surface area contributed by atoms with E-state index in [2.05, 4.69) is 76.8 Å². The molecule has 0 saturated carbocycles. The van der Waals surface area contributed by atoms with Crippen LogP contribution in [0.4, 0.5) is 13.2 Å². The molecule has 36 heavy (non-hydrogen) atoms. The van der Waals surface area contributed by atoms with Crippen LogP contribution in [0.15, 0.2) is 24.3 Å². The van der Waals surface area contributed by atoms with Crippen LogP contribution in [0.5, 0.6) is 0 Å². The van der Waals surface area contributed by atoms with Crippen LogP contribution < -0.4 is 0 Å². The third-order valence-corrected chi connectivity index (χ3v) is 15.4. The molecular formula is C22H45F3O7Si4. The van der Waals surface area contributed by atoms with Crippen LogP contribution in [0.3, 0.4) is 0 Å². The molecule has 0 rings (SSSR count). The Morgan fingerprint density at radius 2 is 1.03 bits per heavy atom. The summed E-state index contributed by atoms with van der Waals surface area (Å²) in [6.45, 7) is 27.9. The Labute approximate surface area is 219 Å². The number of carbonyl (C=O) groups is 2. The van der Waals surface area contributed by atoms with Gasteiger partial charge in [0.1, 0.15) is 0 Å². The molecule has 14 heteroatoms. The first-order valence-electron chi connectivity index (χ1n) is 11.6. The molecule has 0 aliphatic carbocycles. The lowest BCUT2D eigenvalue weighted by Gasteiger charge is -2.42. The van der Waals surface area contributed by atoms with Crippen LogP contribution in [-0.4, -0.2) is 65.1 Å². The Balaban J connectivity index is 0. The van der Waals surface area contributed by atoms with Gasteiger partial charge in [0.2, 0.25) is 0 Å². The lowest BCUT2D eigenvalue weighted by Crippen LogP contribution is -2.60. The zero-order valence-electron chi connectivity index (χ0n) is 23.7. The minimum absolute atomic E-state index is 0.0470. The van der Waals surface area contributed by atoms with Crippen LogP contribution in [0.25, 0.3) is 0 Å². The summed E-state index contributed by atoms with van der Waals surface area (Å²) in [6.07, 6.45) is -3.80. The zero-order chi connectivity index (χ0) is 29.2. The summed E-state index contributed by atoms with van der Waals surface area (Å²) >= 11 is 0. The molecule has 0 spiro atoms. The number of hydrogen-bond acceptors (Lipinski definition) is 7. The van der Waals surface area contributed by atoms with E-state index < -0.39 is 52.5 Å². The van der Waals surface area contributed by atoms with E-state index in [-0.39, 0.29) is 11.5 Å². The number of esters is 2. The van der Waals surface area contributed by atoms with Gasteiger partial charge in [0.25, 0.3) is 0 Å². The number of ether oxygens (including phenoxy) is 2. The topological polar surface area (TPSA) is 80.3 Å². The molecule has 0 atom stereocenters. The van der Waals surface area contributed by atoms with E-state index in [9.17, 15) is 22.8 Å². The van der Waals surface area contributed by atoms with E-state index in [1.165, 1.54) is 6.92 Å². The lowest BCUT2D eigenvalue weighted by molar-refractivity contribution is -0.183. The summed E-state index contributed by atoms with van der Waals surface area (Å²) in [4.78, 5) is 21.9. The smallest absolute Gasteiger partial charge is 0.462 e. The average Bonchev–Trinajstić information content (AvgIpc) is 2.58. The molecule has 0 aliphatic rings. The second kappa shape index (κ2) is 14.8. The Morgan fingerprint density at radius 3 is 1.31 bits per heavy atom. The van der Waals surface area contributed by atoms with Gasteiger partial charge in [-0.2, -0.15) is 13.2 Å². The highest BCUT2D eigenvalue weighted by molar-refractivity contribution is 6.90. The third-order valence-electron chi connectivity index (χ3n) is 3.31. The molecule has 0 aromatic carbocycles. The van der Waals surface area contributed by atoms with E-state index in [1.807, 2.05) is 0 Å². The predicted octanol–water partition coefficient (Wildman–Crippen LogP) is 6.66. The highest BCUT2D eigenvalue weighted by atomic mass is 28.5. The van der Waals surface area contributed by atoms with Crippen molar-refractivity contribution in [1.29, 1.82) is 0 Å². The number of halogens is 3. The van der Waals surface area contributed by atoms with Crippen molar-refractivity contribution in [3.63, 3.8) is 0 Å².